The van der Waals surface area contributed by atoms with Crippen LogP contribution in [0.3, 0.4) is 0 Å². The number of amides is 3. The number of rotatable bonds is 9. The Kier molecular flexibility index (Phi) is 8.16. The number of fused-ring (bicyclic) bond motifs is 1. The Morgan fingerprint density at radius 3 is 2.37 bits per heavy atom. The van der Waals surface area contributed by atoms with Crippen LogP contribution in [-0.2, 0) is 17.9 Å². The Balaban J connectivity index is 1.54. The highest BCUT2D eigenvalue weighted by molar-refractivity contribution is 7.09. The van der Waals surface area contributed by atoms with E-state index >= 15 is 0 Å². The van der Waals surface area contributed by atoms with Gasteiger partial charge in [-0.05, 0) is 41.8 Å². The van der Waals surface area contributed by atoms with Crippen molar-refractivity contribution in [1.29, 1.82) is 0 Å². The number of urea groups is 1. The number of nitrogens with one attached hydrogen (secondary N) is 1. The Morgan fingerprint density at radius 2 is 1.63 bits per heavy atom. The standard InChI is InChI=1S/C29H31N3O2S/c1-3-22(2)32(29(34)30-27-17-9-14-24-13-7-8-16-26(24)27)21-28(33)31(20-25-15-10-18-35-25)19-23-11-5-4-6-12-23/h4-18,22H,3,19-21H2,1-2H3,(H,30,34). The molecule has 6 heteroatoms. The number of nitrogens with zero attached hydrogens (tertiary/aromatic N) is 2. The molecule has 0 saturated heterocycles. The number of hydrogen-bond acceptors (Lipinski definition) is 3. The summed E-state index contributed by atoms with van der Waals surface area (Å²) in [5, 5.41) is 7.11. The lowest BCUT2D eigenvalue weighted by Crippen LogP contribution is -2.47. The van der Waals surface area contributed by atoms with Crippen LogP contribution in [0.15, 0.2) is 90.3 Å². The molecule has 0 saturated carbocycles. The Morgan fingerprint density at radius 1 is 0.886 bits per heavy atom. The summed E-state index contributed by atoms with van der Waals surface area (Å²) in [5.41, 5.74) is 1.81. The number of carbonyl (C=O) groups excluding carboxylic acids is 2. The zero-order valence-electron chi connectivity index (χ0n) is 20.2. The Bertz CT molecular complexity index is 1250. The lowest BCUT2D eigenvalue weighted by molar-refractivity contribution is -0.133. The van der Waals surface area contributed by atoms with Gasteiger partial charge in [0.25, 0.3) is 0 Å². The van der Waals surface area contributed by atoms with Crippen molar-refractivity contribution in [3.63, 3.8) is 0 Å². The molecule has 1 unspecified atom stereocenters. The van der Waals surface area contributed by atoms with Crippen LogP contribution >= 0.6 is 11.3 Å². The van der Waals surface area contributed by atoms with Crippen molar-refractivity contribution >= 4 is 39.7 Å². The first kappa shape index (κ1) is 24.5. The summed E-state index contributed by atoms with van der Waals surface area (Å²) in [5.74, 6) is -0.0735. The zero-order valence-corrected chi connectivity index (χ0v) is 21.0. The minimum Gasteiger partial charge on any atom is -0.332 e. The Hall–Kier alpha value is -3.64. The summed E-state index contributed by atoms with van der Waals surface area (Å²) in [6.07, 6.45) is 0.750. The fourth-order valence-electron chi connectivity index (χ4n) is 4.04. The van der Waals surface area contributed by atoms with Crippen molar-refractivity contribution in [1.82, 2.24) is 9.80 Å². The Labute approximate surface area is 211 Å². The third kappa shape index (κ3) is 6.28. The largest absolute Gasteiger partial charge is 0.332 e. The molecular weight excluding hydrogens is 454 g/mol. The smallest absolute Gasteiger partial charge is 0.322 e. The first-order chi connectivity index (χ1) is 17.0. The van der Waals surface area contributed by atoms with Gasteiger partial charge in [-0.3, -0.25) is 4.79 Å². The van der Waals surface area contributed by atoms with E-state index in [4.69, 9.17) is 0 Å². The third-order valence-corrected chi connectivity index (χ3v) is 7.08. The summed E-state index contributed by atoms with van der Waals surface area (Å²) in [6.45, 7) is 5.04. The summed E-state index contributed by atoms with van der Waals surface area (Å²) < 4.78 is 0. The average molecular weight is 486 g/mol. The normalized spacial score (nSPS) is 11.7. The molecule has 4 rings (SSSR count). The van der Waals surface area contributed by atoms with Gasteiger partial charge in [0.2, 0.25) is 5.91 Å². The van der Waals surface area contributed by atoms with Gasteiger partial charge in [0.1, 0.15) is 6.54 Å². The molecule has 0 aliphatic carbocycles. The van der Waals surface area contributed by atoms with E-state index < -0.39 is 0 Å². The second kappa shape index (κ2) is 11.7. The van der Waals surface area contributed by atoms with E-state index in [1.54, 1.807) is 16.2 Å². The van der Waals surface area contributed by atoms with Gasteiger partial charge in [0, 0.05) is 22.8 Å². The highest BCUT2D eigenvalue weighted by Crippen LogP contribution is 2.24. The quantitative estimate of drug-likeness (QED) is 0.285. The second-order valence-electron chi connectivity index (χ2n) is 8.66. The molecule has 0 bridgehead atoms. The van der Waals surface area contributed by atoms with Crippen LogP contribution in [0.25, 0.3) is 10.8 Å². The van der Waals surface area contributed by atoms with Gasteiger partial charge in [-0.1, -0.05) is 79.7 Å². The van der Waals surface area contributed by atoms with Gasteiger partial charge in [0.15, 0.2) is 0 Å². The summed E-state index contributed by atoms with van der Waals surface area (Å²) in [7, 11) is 0. The molecule has 5 nitrogen and oxygen atoms in total. The molecule has 35 heavy (non-hydrogen) atoms. The molecule has 0 radical (unpaired) electrons. The van der Waals surface area contributed by atoms with Gasteiger partial charge in [-0.25, -0.2) is 4.79 Å². The molecule has 3 aromatic carbocycles. The first-order valence-electron chi connectivity index (χ1n) is 11.9. The predicted molar refractivity (Wildman–Crippen MR) is 144 cm³/mol. The number of hydrogen-bond donors (Lipinski definition) is 1. The molecule has 0 spiro atoms. The number of anilines is 1. The highest BCUT2D eigenvalue weighted by atomic mass is 32.1. The average Bonchev–Trinajstić information content (AvgIpc) is 3.40. The number of thiophene rings is 1. The molecule has 4 aromatic rings. The van der Waals surface area contributed by atoms with E-state index in [0.717, 1.165) is 33.3 Å². The van der Waals surface area contributed by atoms with Crippen molar-refractivity contribution in [3.8, 4) is 0 Å². The minimum atomic E-state index is -0.264. The molecule has 0 aliphatic rings. The van der Waals surface area contributed by atoms with Gasteiger partial charge in [-0.15, -0.1) is 11.3 Å². The molecule has 3 amide bonds. The van der Waals surface area contributed by atoms with E-state index in [1.807, 2.05) is 109 Å². The van der Waals surface area contributed by atoms with E-state index in [-0.39, 0.29) is 24.5 Å². The van der Waals surface area contributed by atoms with Crippen molar-refractivity contribution in [2.75, 3.05) is 11.9 Å². The predicted octanol–water partition coefficient (Wildman–Crippen LogP) is 6.76. The first-order valence-corrected chi connectivity index (χ1v) is 12.8. The SMILES string of the molecule is CCC(C)N(CC(=O)N(Cc1ccccc1)Cc1cccs1)C(=O)Nc1cccc2ccccc12. The molecular formula is C29H31N3O2S. The lowest BCUT2D eigenvalue weighted by Gasteiger charge is -2.31. The summed E-state index contributed by atoms with van der Waals surface area (Å²) in [6, 6.07) is 27.4. The maximum atomic E-state index is 13.6. The minimum absolute atomic E-state index is 0.0177. The van der Waals surface area contributed by atoms with Crippen LogP contribution < -0.4 is 5.32 Å². The van der Waals surface area contributed by atoms with Crippen LogP contribution in [0.1, 0.15) is 30.7 Å². The fraction of sp³-hybridized carbons (Fsp3) is 0.241. The topological polar surface area (TPSA) is 52.7 Å². The second-order valence-corrected chi connectivity index (χ2v) is 9.69. The van der Waals surface area contributed by atoms with Crippen molar-refractivity contribution < 1.29 is 9.59 Å². The summed E-state index contributed by atoms with van der Waals surface area (Å²) >= 11 is 1.63. The molecule has 180 valence electrons. The number of benzene rings is 3. The molecule has 1 N–H and O–H groups in total. The van der Waals surface area contributed by atoms with Crippen molar-refractivity contribution in [2.24, 2.45) is 0 Å². The van der Waals surface area contributed by atoms with E-state index in [2.05, 4.69) is 5.32 Å². The molecule has 1 heterocycles. The van der Waals surface area contributed by atoms with Crippen LogP contribution in [-0.4, -0.2) is 34.3 Å². The van der Waals surface area contributed by atoms with Crippen molar-refractivity contribution in [2.45, 2.75) is 39.4 Å². The van der Waals surface area contributed by atoms with E-state index in [0.29, 0.717) is 13.1 Å². The fourth-order valence-corrected chi connectivity index (χ4v) is 4.76. The highest BCUT2D eigenvalue weighted by Gasteiger charge is 2.25. The third-order valence-electron chi connectivity index (χ3n) is 6.22. The van der Waals surface area contributed by atoms with Crippen LogP contribution in [0.2, 0.25) is 0 Å². The molecule has 1 aromatic heterocycles. The van der Waals surface area contributed by atoms with Gasteiger partial charge < -0.3 is 15.1 Å². The molecule has 0 aliphatic heterocycles. The van der Waals surface area contributed by atoms with Gasteiger partial charge >= 0.3 is 6.03 Å². The van der Waals surface area contributed by atoms with Crippen molar-refractivity contribution in [3.05, 3.63) is 101 Å². The van der Waals surface area contributed by atoms with Gasteiger partial charge in [0.05, 0.1) is 12.2 Å². The summed E-state index contributed by atoms with van der Waals surface area (Å²) in [4.78, 5) is 31.6. The zero-order chi connectivity index (χ0) is 24.6. The van der Waals surface area contributed by atoms with E-state index in [1.165, 1.54) is 0 Å². The van der Waals surface area contributed by atoms with E-state index in [9.17, 15) is 9.59 Å². The monoisotopic (exact) mass is 485 g/mol. The molecule has 0 fully saturated rings. The lowest BCUT2D eigenvalue weighted by atomic mass is 10.1. The van der Waals surface area contributed by atoms with Crippen LogP contribution in [0, 0.1) is 0 Å². The van der Waals surface area contributed by atoms with Gasteiger partial charge in [-0.2, -0.15) is 0 Å². The number of carbonyl (C=O) groups is 2. The van der Waals surface area contributed by atoms with Crippen LogP contribution in [0.5, 0.6) is 0 Å². The maximum absolute atomic E-state index is 13.6. The maximum Gasteiger partial charge on any atom is 0.322 e. The van der Waals surface area contributed by atoms with Crippen LogP contribution in [0.4, 0.5) is 10.5 Å². The molecule has 1 atom stereocenters.